The number of nitrogens with zero attached hydrogens (tertiary/aromatic N) is 2. The molecule has 1 atom stereocenters. The molecule has 0 spiro atoms. The van der Waals surface area contributed by atoms with Gasteiger partial charge in [0.05, 0.1) is 11.7 Å². The van der Waals surface area contributed by atoms with Crippen molar-refractivity contribution in [2.75, 3.05) is 25.1 Å². The van der Waals surface area contributed by atoms with Crippen molar-refractivity contribution in [2.24, 2.45) is 0 Å². The van der Waals surface area contributed by atoms with Crippen LogP contribution in [0.25, 0.3) is 0 Å². The van der Waals surface area contributed by atoms with Gasteiger partial charge in [0.25, 0.3) is 0 Å². The van der Waals surface area contributed by atoms with E-state index in [1.165, 1.54) is 0 Å². The van der Waals surface area contributed by atoms with Crippen molar-refractivity contribution < 1.29 is 9.47 Å². The molecule has 5 heteroatoms. The van der Waals surface area contributed by atoms with Gasteiger partial charge in [0.1, 0.15) is 18.8 Å². The van der Waals surface area contributed by atoms with Gasteiger partial charge in [-0.25, -0.2) is 9.97 Å². The third-order valence-electron chi connectivity index (χ3n) is 3.20. The molecule has 1 unspecified atom stereocenters. The molecule has 19 heavy (non-hydrogen) atoms. The van der Waals surface area contributed by atoms with Gasteiger partial charge in [-0.15, -0.1) is 0 Å². The second-order valence-electron chi connectivity index (χ2n) is 5.07. The Morgan fingerprint density at radius 2 is 2.32 bits per heavy atom. The van der Waals surface area contributed by atoms with Crippen molar-refractivity contribution in [3.05, 3.63) is 11.9 Å². The van der Waals surface area contributed by atoms with Crippen LogP contribution in [0.3, 0.4) is 0 Å². The summed E-state index contributed by atoms with van der Waals surface area (Å²) in [5.74, 6) is 1.86. The Morgan fingerprint density at radius 3 is 2.95 bits per heavy atom. The summed E-state index contributed by atoms with van der Waals surface area (Å²) in [6.45, 7) is 8.55. The van der Waals surface area contributed by atoms with Crippen LogP contribution in [0.2, 0.25) is 0 Å². The van der Waals surface area contributed by atoms with Crippen molar-refractivity contribution in [3.8, 4) is 5.88 Å². The second kappa shape index (κ2) is 6.70. The molecule has 2 heterocycles. The Bertz CT molecular complexity index is 404. The quantitative estimate of drug-likeness (QED) is 0.856. The average molecular weight is 265 g/mol. The molecule has 1 N–H and O–H groups in total. The first-order chi connectivity index (χ1) is 9.22. The van der Waals surface area contributed by atoms with Crippen molar-refractivity contribution in [1.82, 2.24) is 9.97 Å². The zero-order valence-corrected chi connectivity index (χ0v) is 12.0. The predicted octanol–water partition coefficient (Wildman–Crippen LogP) is 2.59. The first-order valence-corrected chi connectivity index (χ1v) is 7.05. The van der Waals surface area contributed by atoms with Crippen molar-refractivity contribution in [1.29, 1.82) is 0 Å². The Morgan fingerprint density at radius 1 is 1.47 bits per heavy atom. The fraction of sp³-hybridized carbons (Fsp3) is 0.714. The lowest BCUT2D eigenvalue weighted by molar-refractivity contribution is 0.0658. The molecule has 0 aliphatic carbocycles. The van der Waals surface area contributed by atoms with Crippen LogP contribution < -0.4 is 10.1 Å². The standard InChI is InChI=1S/C14H23N3O2/c1-4-15-13-12(10(2)3)14(17-9-16-13)19-8-11-6-5-7-18-11/h9-11H,4-8H2,1-3H3,(H,15,16,17). The van der Waals surface area contributed by atoms with Gasteiger partial charge in [-0.1, -0.05) is 13.8 Å². The minimum Gasteiger partial charge on any atom is -0.475 e. The van der Waals surface area contributed by atoms with Crippen molar-refractivity contribution >= 4 is 5.82 Å². The largest absolute Gasteiger partial charge is 0.475 e. The molecular formula is C14H23N3O2. The van der Waals surface area contributed by atoms with E-state index in [1.54, 1.807) is 6.33 Å². The third kappa shape index (κ3) is 3.56. The lowest BCUT2D eigenvalue weighted by atomic mass is 10.1. The Kier molecular flexibility index (Phi) is 4.96. The highest BCUT2D eigenvalue weighted by atomic mass is 16.5. The van der Waals surface area contributed by atoms with Gasteiger partial charge >= 0.3 is 0 Å². The number of nitrogens with one attached hydrogen (secondary N) is 1. The van der Waals surface area contributed by atoms with Crippen LogP contribution in [-0.2, 0) is 4.74 Å². The molecule has 0 aromatic carbocycles. The lowest BCUT2D eigenvalue weighted by Crippen LogP contribution is -2.18. The van der Waals surface area contributed by atoms with Crippen LogP contribution in [0.15, 0.2) is 6.33 Å². The summed E-state index contributed by atoms with van der Waals surface area (Å²) in [4.78, 5) is 8.57. The normalized spacial score (nSPS) is 18.8. The van der Waals surface area contributed by atoms with Gasteiger partial charge in [-0.05, 0) is 25.7 Å². The lowest BCUT2D eigenvalue weighted by Gasteiger charge is -2.18. The molecule has 0 bridgehead atoms. The number of ether oxygens (including phenoxy) is 2. The van der Waals surface area contributed by atoms with E-state index in [1.807, 2.05) is 0 Å². The minimum atomic E-state index is 0.206. The fourth-order valence-corrected chi connectivity index (χ4v) is 2.27. The zero-order chi connectivity index (χ0) is 13.7. The highest BCUT2D eigenvalue weighted by Crippen LogP contribution is 2.30. The highest BCUT2D eigenvalue weighted by Gasteiger charge is 2.20. The second-order valence-corrected chi connectivity index (χ2v) is 5.07. The van der Waals surface area contributed by atoms with Gasteiger partial charge in [0.2, 0.25) is 5.88 Å². The molecule has 1 fully saturated rings. The third-order valence-corrected chi connectivity index (χ3v) is 3.20. The Balaban J connectivity index is 2.11. The van der Waals surface area contributed by atoms with Gasteiger partial charge in [0, 0.05) is 13.2 Å². The molecule has 0 radical (unpaired) electrons. The minimum absolute atomic E-state index is 0.206. The van der Waals surface area contributed by atoms with E-state index in [2.05, 4.69) is 36.1 Å². The molecule has 2 rings (SSSR count). The summed E-state index contributed by atoms with van der Waals surface area (Å²) >= 11 is 0. The summed E-state index contributed by atoms with van der Waals surface area (Å²) in [5, 5.41) is 3.26. The summed E-state index contributed by atoms with van der Waals surface area (Å²) in [6.07, 6.45) is 3.95. The van der Waals surface area contributed by atoms with Gasteiger partial charge < -0.3 is 14.8 Å². The van der Waals surface area contributed by atoms with Crippen LogP contribution >= 0.6 is 0 Å². The number of rotatable bonds is 6. The summed E-state index contributed by atoms with van der Waals surface area (Å²) in [6, 6.07) is 0. The van der Waals surface area contributed by atoms with Crippen LogP contribution in [-0.4, -0.2) is 35.8 Å². The van der Waals surface area contributed by atoms with E-state index in [-0.39, 0.29) is 6.10 Å². The molecule has 1 aromatic heterocycles. The molecule has 106 valence electrons. The molecule has 1 saturated heterocycles. The monoisotopic (exact) mass is 265 g/mol. The van der Waals surface area contributed by atoms with E-state index in [9.17, 15) is 0 Å². The maximum atomic E-state index is 5.85. The van der Waals surface area contributed by atoms with Crippen LogP contribution in [0.4, 0.5) is 5.82 Å². The predicted molar refractivity (Wildman–Crippen MR) is 74.8 cm³/mol. The van der Waals surface area contributed by atoms with Crippen LogP contribution in [0.1, 0.15) is 45.1 Å². The maximum Gasteiger partial charge on any atom is 0.222 e. The van der Waals surface area contributed by atoms with E-state index >= 15 is 0 Å². The molecule has 1 aliphatic rings. The Labute approximate surface area is 114 Å². The maximum absolute atomic E-state index is 5.85. The topological polar surface area (TPSA) is 56.3 Å². The van der Waals surface area contributed by atoms with E-state index in [0.29, 0.717) is 18.4 Å². The smallest absolute Gasteiger partial charge is 0.222 e. The van der Waals surface area contributed by atoms with Gasteiger partial charge in [0.15, 0.2) is 0 Å². The number of aromatic nitrogens is 2. The molecule has 1 aromatic rings. The van der Waals surface area contributed by atoms with Crippen molar-refractivity contribution in [3.63, 3.8) is 0 Å². The first-order valence-electron chi connectivity index (χ1n) is 7.05. The van der Waals surface area contributed by atoms with Crippen LogP contribution in [0, 0.1) is 0 Å². The SMILES string of the molecule is CCNc1ncnc(OCC2CCCO2)c1C(C)C. The zero-order valence-electron chi connectivity index (χ0n) is 12.0. The first kappa shape index (κ1) is 14.1. The number of hydrogen-bond donors (Lipinski definition) is 1. The molecule has 1 aliphatic heterocycles. The molecular weight excluding hydrogens is 242 g/mol. The summed E-state index contributed by atoms with van der Waals surface area (Å²) in [5.41, 5.74) is 1.04. The molecule has 0 amide bonds. The van der Waals surface area contributed by atoms with Crippen LogP contribution in [0.5, 0.6) is 5.88 Å². The fourth-order valence-electron chi connectivity index (χ4n) is 2.27. The van der Waals surface area contributed by atoms with Crippen molar-refractivity contribution in [2.45, 2.75) is 45.6 Å². The number of hydrogen-bond acceptors (Lipinski definition) is 5. The van der Waals surface area contributed by atoms with E-state index in [0.717, 1.165) is 37.4 Å². The van der Waals surface area contributed by atoms with E-state index < -0.39 is 0 Å². The number of anilines is 1. The Hall–Kier alpha value is -1.36. The average Bonchev–Trinajstić information content (AvgIpc) is 2.89. The van der Waals surface area contributed by atoms with E-state index in [4.69, 9.17) is 9.47 Å². The molecule has 0 saturated carbocycles. The highest BCUT2D eigenvalue weighted by molar-refractivity contribution is 5.50. The molecule has 5 nitrogen and oxygen atoms in total. The van der Waals surface area contributed by atoms with Gasteiger partial charge in [-0.2, -0.15) is 0 Å². The summed E-state index contributed by atoms with van der Waals surface area (Å²) < 4.78 is 11.4. The van der Waals surface area contributed by atoms with Gasteiger partial charge in [-0.3, -0.25) is 0 Å². The summed E-state index contributed by atoms with van der Waals surface area (Å²) in [7, 11) is 0.